The van der Waals surface area contributed by atoms with Crippen molar-refractivity contribution in [1.29, 1.82) is 0 Å². The van der Waals surface area contributed by atoms with Gasteiger partial charge in [-0.05, 0) is 18.8 Å². The molecule has 1 aliphatic carbocycles. The highest BCUT2D eigenvalue weighted by Crippen LogP contribution is 2.35. The van der Waals surface area contributed by atoms with Crippen LogP contribution >= 0.6 is 15.9 Å². The minimum Gasteiger partial charge on any atom is -0.314 e. The van der Waals surface area contributed by atoms with Crippen LogP contribution < -0.4 is 0 Å². The van der Waals surface area contributed by atoms with Crippen LogP contribution in [0.2, 0.25) is 0 Å². The van der Waals surface area contributed by atoms with E-state index < -0.39 is 0 Å². The predicted octanol–water partition coefficient (Wildman–Crippen LogP) is 3.10. The first-order valence-electron chi connectivity index (χ1n) is 5.70. The lowest BCUT2D eigenvalue weighted by Crippen LogP contribution is -2.18. The quantitative estimate of drug-likeness (QED) is 0.788. The smallest absolute Gasteiger partial charge is 0.143 e. The molecule has 0 N–H and O–H groups in total. The molecule has 1 saturated carbocycles. The highest BCUT2D eigenvalue weighted by molar-refractivity contribution is 9.08. The van der Waals surface area contributed by atoms with Crippen LogP contribution in [0.5, 0.6) is 0 Å². The molecule has 0 spiro atoms. The summed E-state index contributed by atoms with van der Waals surface area (Å²) in [6.45, 7) is 5.52. The predicted molar refractivity (Wildman–Crippen MR) is 64.1 cm³/mol. The van der Waals surface area contributed by atoms with Gasteiger partial charge in [-0.2, -0.15) is 0 Å². The van der Waals surface area contributed by atoms with Gasteiger partial charge >= 0.3 is 0 Å². The highest BCUT2D eigenvalue weighted by Gasteiger charge is 2.26. The van der Waals surface area contributed by atoms with Crippen LogP contribution in [-0.2, 0) is 11.9 Å². The molecule has 1 fully saturated rings. The highest BCUT2D eigenvalue weighted by atomic mass is 79.9. The van der Waals surface area contributed by atoms with Gasteiger partial charge in [0.15, 0.2) is 0 Å². The van der Waals surface area contributed by atoms with E-state index in [-0.39, 0.29) is 0 Å². The van der Waals surface area contributed by atoms with Crippen LogP contribution in [0.15, 0.2) is 0 Å². The Hall–Kier alpha value is -0.380. The fraction of sp³-hybridized carbons (Fsp3) is 0.818. The molecule has 84 valence electrons. The summed E-state index contributed by atoms with van der Waals surface area (Å²) >= 11 is 3.48. The summed E-state index contributed by atoms with van der Waals surface area (Å²) in [5, 5.41) is 9.41. The number of hydrogen-bond acceptors (Lipinski definition) is 2. The molecule has 0 aliphatic heterocycles. The van der Waals surface area contributed by atoms with Gasteiger partial charge in [0.2, 0.25) is 0 Å². The van der Waals surface area contributed by atoms with Gasteiger partial charge in [-0.3, -0.25) is 0 Å². The van der Waals surface area contributed by atoms with E-state index in [9.17, 15) is 0 Å². The minimum atomic E-state index is 0.651. The molecule has 4 heteroatoms. The van der Waals surface area contributed by atoms with Crippen molar-refractivity contribution in [3.05, 3.63) is 11.6 Å². The minimum absolute atomic E-state index is 0.651. The van der Waals surface area contributed by atoms with Crippen LogP contribution in [0.1, 0.15) is 50.7 Å². The van der Waals surface area contributed by atoms with Crippen molar-refractivity contribution in [3.8, 4) is 0 Å². The van der Waals surface area contributed by atoms with E-state index in [0.717, 1.165) is 17.7 Å². The Bertz CT molecular complexity index is 329. The van der Waals surface area contributed by atoms with E-state index in [1.807, 2.05) is 0 Å². The average Bonchev–Trinajstić information content (AvgIpc) is 2.45. The third kappa shape index (κ3) is 2.25. The Morgan fingerprint density at radius 2 is 2.13 bits per heavy atom. The summed E-state index contributed by atoms with van der Waals surface area (Å²) in [7, 11) is 0. The normalized spacial score (nSPS) is 17.1. The first kappa shape index (κ1) is 11.1. The van der Waals surface area contributed by atoms with Crippen LogP contribution in [-0.4, -0.2) is 14.8 Å². The van der Waals surface area contributed by atoms with E-state index >= 15 is 0 Å². The summed E-state index contributed by atoms with van der Waals surface area (Å²) < 4.78 is 2.31. The van der Waals surface area contributed by atoms with E-state index in [1.165, 1.54) is 25.1 Å². The molecule has 0 radical (unpaired) electrons. The first-order valence-corrected chi connectivity index (χ1v) is 6.82. The van der Waals surface area contributed by atoms with Gasteiger partial charge in [-0.25, -0.2) is 0 Å². The molecule has 0 aromatic carbocycles. The zero-order valence-corrected chi connectivity index (χ0v) is 11.0. The molecule has 1 aliphatic rings. The van der Waals surface area contributed by atoms with Crippen LogP contribution in [0.3, 0.4) is 0 Å². The van der Waals surface area contributed by atoms with Gasteiger partial charge in [-0.1, -0.05) is 36.2 Å². The molecule has 15 heavy (non-hydrogen) atoms. The van der Waals surface area contributed by atoms with Crippen LogP contribution in [0, 0.1) is 5.92 Å². The summed E-state index contributed by atoms with van der Waals surface area (Å²) in [6.07, 6.45) is 3.93. The lowest BCUT2D eigenvalue weighted by molar-refractivity contribution is 0.374. The molecular formula is C11H18BrN3. The van der Waals surface area contributed by atoms with Crippen molar-refractivity contribution < 1.29 is 0 Å². The van der Waals surface area contributed by atoms with Crippen molar-refractivity contribution in [3.63, 3.8) is 0 Å². The van der Waals surface area contributed by atoms with E-state index in [1.54, 1.807) is 0 Å². The molecule has 0 saturated heterocycles. The number of aromatic nitrogens is 3. The fourth-order valence-electron chi connectivity index (χ4n) is 1.98. The Kier molecular flexibility index (Phi) is 3.44. The van der Waals surface area contributed by atoms with Crippen LogP contribution in [0.25, 0.3) is 0 Å². The largest absolute Gasteiger partial charge is 0.314 e. The molecule has 0 atom stereocenters. The number of halogens is 1. The van der Waals surface area contributed by atoms with Gasteiger partial charge in [0, 0.05) is 12.5 Å². The van der Waals surface area contributed by atoms with Crippen molar-refractivity contribution in [2.24, 2.45) is 5.92 Å². The van der Waals surface area contributed by atoms with Gasteiger partial charge < -0.3 is 4.57 Å². The van der Waals surface area contributed by atoms with Crippen molar-refractivity contribution in [2.75, 3.05) is 0 Å². The molecule has 1 heterocycles. The third-order valence-electron chi connectivity index (χ3n) is 2.99. The number of rotatable bonds is 4. The van der Waals surface area contributed by atoms with E-state index in [2.05, 4.69) is 44.5 Å². The van der Waals surface area contributed by atoms with Crippen molar-refractivity contribution in [2.45, 2.75) is 50.9 Å². The molecule has 2 rings (SSSR count). The lowest BCUT2D eigenvalue weighted by atomic mass is 9.85. The maximum atomic E-state index is 4.34. The van der Waals surface area contributed by atoms with E-state index in [0.29, 0.717) is 11.8 Å². The average molecular weight is 272 g/mol. The van der Waals surface area contributed by atoms with Gasteiger partial charge in [0.1, 0.15) is 11.6 Å². The number of hydrogen-bond donors (Lipinski definition) is 0. The second-order valence-corrected chi connectivity index (χ2v) is 5.30. The molecule has 0 bridgehead atoms. The van der Waals surface area contributed by atoms with Crippen molar-refractivity contribution >= 4 is 15.9 Å². The molecule has 0 amide bonds. The van der Waals surface area contributed by atoms with Gasteiger partial charge in [0.25, 0.3) is 0 Å². The Labute approximate surface area is 99.4 Å². The van der Waals surface area contributed by atoms with Gasteiger partial charge in [0.05, 0.1) is 5.33 Å². The number of alkyl halides is 1. The Morgan fingerprint density at radius 3 is 2.60 bits per heavy atom. The van der Waals surface area contributed by atoms with Gasteiger partial charge in [-0.15, -0.1) is 10.2 Å². The van der Waals surface area contributed by atoms with Crippen molar-refractivity contribution in [1.82, 2.24) is 14.8 Å². The second-order valence-electron chi connectivity index (χ2n) is 4.74. The third-order valence-corrected chi connectivity index (χ3v) is 3.50. The summed E-state index contributed by atoms with van der Waals surface area (Å²) in [4.78, 5) is 0. The topological polar surface area (TPSA) is 30.7 Å². The zero-order valence-electron chi connectivity index (χ0n) is 9.41. The molecule has 0 unspecified atom stereocenters. The molecule has 1 aromatic heterocycles. The zero-order chi connectivity index (χ0) is 10.8. The summed E-state index contributed by atoms with van der Waals surface area (Å²) in [5.74, 6) is 3.61. The standard InChI is InChI=1S/C11H18BrN3/c1-8(2)7-15-10(6-12)13-14-11(15)9-4-3-5-9/h8-9H,3-7H2,1-2H3. The SMILES string of the molecule is CC(C)Cn1c(CBr)nnc1C1CCC1. The molecule has 3 nitrogen and oxygen atoms in total. The molecular weight excluding hydrogens is 254 g/mol. The maximum absolute atomic E-state index is 4.34. The fourth-order valence-corrected chi connectivity index (χ4v) is 2.40. The lowest BCUT2D eigenvalue weighted by Gasteiger charge is -2.25. The Balaban J connectivity index is 2.23. The monoisotopic (exact) mass is 271 g/mol. The Morgan fingerprint density at radius 1 is 1.40 bits per heavy atom. The molecule has 1 aromatic rings. The first-order chi connectivity index (χ1) is 7.22. The number of nitrogens with zero attached hydrogens (tertiary/aromatic N) is 3. The second kappa shape index (κ2) is 4.64. The summed E-state index contributed by atoms with van der Waals surface area (Å²) in [6, 6.07) is 0. The summed E-state index contributed by atoms with van der Waals surface area (Å²) in [5.41, 5.74) is 0. The van der Waals surface area contributed by atoms with Crippen LogP contribution in [0.4, 0.5) is 0 Å². The maximum Gasteiger partial charge on any atom is 0.143 e. The van der Waals surface area contributed by atoms with E-state index in [4.69, 9.17) is 0 Å².